The Hall–Kier alpha value is -1.13. The molecule has 5 heteroatoms. The van der Waals surface area contributed by atoms with Crippen LogP contribution in [0.25, 0.3) is 0 Å². The van der Waals surface area contributed by atoms with Crippen LogP contribution in [-0.4, -0.2) is 11.0 Å². The minimum absolute atomic E-state index is 0.144. The van der Waals surface area contributed by atoms with E-state index in [0.717, 1.165) is 42.6 Å². The highest BCUT2D eigenvalue weighted by Gasteiger charge is 2.54. The maximum absolute atomic E-state index is 12.9. The molecule has 4 bridgehead atoms. The predicted molar refractivity (Wildman–Crippen MR) is 99.6 cm³/mol. The fourth-order valence-corrected chi connectivity index (χ4v) is 5.88. The third-order valence-corrected chi connectivity index (χ3v) is 6.57. The third-order valence-electron chi connectivity index (χ3n) is 6.09. The van der Waals surface area contributed by atoms with E-state index in [2.05, 4.69) is 10.6 Å². The molecule has 0 saturated heterocycles. The highest BCUT2D eigenvalue weighted by Crippen LogP contribution is 2.60. The van der Waals surface area contributed by atoms with Gasteiger partial charge in [-0.2, -0.15) is 0 Å². The van der Waals surface area contributed by atoms with Crippen molar-refractivity contribution in [1.29, 1.82) is 0 Å². The Morgan fingerprint density at radius 1 is 1.17 bits per heavy atom. The summed E-state index contributed by atoms with van der Waals surface area (Å²) in [5, 5.41) is 7.23. The van der Waals surface area contributed by atoms with E-state index in [1.54, 1.807) is 0 Å². The van der Waals surface area contributed by atoms with Crippen LogP contribution in [0, 0.1) is 23.2 Å². The van der Waals surface area contributed by atoms with Crippen LogP contribution in [0.1, 0.15) is 44.1 Å². The van der Waals surface area contributed by atoms with Gasteiger partial charge in [0.2, 0.25) is 5.91 Å². The SMILES string of the molecule is O=C(NC(=S)NCc1cccc(Cl)c1)C12CC3CC(CC(C3)C1)C2. The zero-order valence-corrected chi connectivity index (χ0v) is 15.3. The maximum Gasteiger partial charge on any atom is 0.232 e. The number of carbonyl (C=O) groups is 1. The summed E-state index contributed by atoms with van der Waals surface area (Å²) in [5.41, 5.74) is 0.894. The summed E-state index contributed by atoms with van der Waals surface area (Å²) in [6.07, 6.45) is 7.18. The predicted octanol–water partition coefficient (Wildman–Crippen LogP) is 4.05. The summed E-state index contributed by atoms with van der Waals surface area (Å²) in [5.74, 6) is 2.42. The molecule has 1 amide bonds. The van der Waals surface area contributed by atoms with Gasteiger partial charge in [-0.3, -0.25) is 4.79 Å². The van der Waals surface area contributed by atoms with E-state index in [0.29, 0.717) is 16.7 Å². The summed E-state index contributed by atoms with van der Waals surface area (Å²) in [4.78, 5) is 12.9. The minimum atomic E-state index is -0.156. The molecular formula is C19H23ClN2OS. The molecule has 3 nitrogen and oxygen atoms in total. The second-order valence-electron chi connectivity index (χ2n) is 7.96. The van der Waals surface area contributed by atoms with Crippen molar-refractivity contribution in [3.63, 3.8) is 0 Å². The lowest BCUT2D eigenvalue weighted by Gasteiger charge is -2.55. The Labute approximate surface area is 153 Å². The largest absolute Gasteiger partial charge is 0.358 e. The zero-order chi connectivity index (χ0) is 16.7. The molecule has 128 valence electrons. The van der Waals surface area contributed by atoms with Crippen LogP contribution in [-0.2, 0) is 11.3 Å². The van der Waals surface area contributed by atoms with E-state index >= 15 is 0 Å². The first-order chi connectivity index (χ1) is 11.5. The highest BCUT2D eigenvalue weighted by atomic mass is 35.5. The molecular weight excluding hydrogens is 340 g/mol. The number of amides is 1. The molecule has 1 aromatic rings. The van der Waals surface area contributed by atoms with Crippen LogP contribution in [0.2, 0.25) is 5.02 Å². The zero-order valence-electron chi connectivity index (χ0n) is 13.7. The number of benzene rings is 1. The van der Waals surface area contributed by atoms with Gasteiger partial charge >= 0.3 is 0 Å². The van der Waals surface area contributed by atoms with E-state index in [1.165, 1.54) is 19.3 Å². The number of carbonyl (C=O) groups excluding carboxylic acids is 1. The first-order valence-electron chi connectivity index (χ1n) is 8.86. The molecule has 4 fully saturated rings. The molecule has 1 aromatic carbocycles. The number of hydrogen-bond donors (Lipinski definition) is 2. The highest BCUT2D eigenvalue weighted by molar-refractivity contribution is 7.80. The number of thiocarbonyl (C=S) groups is 1. The lowest BCUT2D eigenvalue weighted by molar-refractivity contribution is -0.144. The van der Waals surface area contributed by atoms with Crippen molar-refractivity contribution in [3.05, 3.63) is 34.9 Å². The van der Waals surface area contributed by atoms with Gasteiger partial charge in [0.05, 0.1) is 5.41 Å². The van der Waals surface area contributed by atoms with Gasteiger partial charge in [-0.25, -0.2) is 0 Å². The molecule has 0 radical (unpaired) electrons. The Bertz CT molecular complexity index is 640. The fourth-order valence-electron chi connectivity index (χ4n) is 5.50. The molecule has 0 aromatic heterocycles. The normalized spacial score (nSPS) is 33.3. The van der Waals surface area contributed by atoms with Gasteiger partial charge < -0.3 is 10.6 Å². The Morgan fingerprint density at radius 2 is 1.79 bits per heavy atom. The van der Waals surface area contributed by atoms with Gasteiger partial charge in [-0.15, -0.1) is 0 Å². The molecule has 0 spiro atoms. The molecule has 0 unspecified atom stereocenters. The number of nitrogens with one attached hydrogen (secondary N) is 2. The van der Waals surface area contributed by atoms with Gasteiger partial charge in [0.15, 0.2) is 5.11 Å². The molecule has 4 saturated carbocycles. The van der Waals surface area contributed by atoms with E-state index in [1.807, 2.05) is 24.3 Å². The van der Waals surface area contributed by atoms with E-state index in [4.69, 9.17) is 23.8 Å². The van der Waals surface area contributed by atoms with Crippen LogP contribution in [0.5, 0.6) is 0 Å². The first kappa shape index (κ1) is 16.3. The van der Waals surface area contributed by atoms with Gasteiger partial charge in [0.25, 0.3) is 0 Å². The molecule has 5 rings (SSSR count). The van der Waals surface area contributed by atoms with Crippen molar-refractivity contribution in [2.24, 2.45) is 23.2 Å². The summed E-state index contributed by atoms with van der Waals surface area (Å²) in [6.45, 7) is 0.570. The Morgan fingerprint density at radius 3 is 2.38 bits per heavy atom. The summed E-state index contributed by atoms with van der Waals surface area (Å²) in [7, 11) is 0. The smallest absolute Gasteiger partial charge is 0.232 e. The molecule has 0 atom stereocenters. The number of rotatable bonds is 3. The Balaban J connectivity index is 1.35. The van der Waals surface area contributed by atoms with Crippen molar-refractivity contribution < 1.29 is 4.79 Å². The minimum Gasteiger partial charge on any atom is -0.358 e. The van der Waals surface area contributed by atoms with Crippen molar-refractivity contribution in [3.8, 4) is 0 Å². The van der Waals surface area contributed by atoms with E-state index in [-0.39, 0.29) is 11.3 Å². The second-order valence-corrected chi connectivity index (χ2v) is 8.81. The van der Waals surface area contributed by atoms with Gasteiger partial charge in [0.1, 0.15) is 0 Å². The monoisotopic (exact) mass is 362 g/mol. The van der Waals surface area contributed by atoms with Crippen molar-refractivity contribution in [2.75, 3.05) is 0 Å². The van der Waals surface area contributed by atoms with Crippen LogP contribution in [0.4, 0.5) is 0 Å². The topological polar surface area (TPSA) is 41.1 Å². The second kappa shape index (κ2) is 6.30. The van der Waals surface area contributed by atoms with Gasteiger partial charge in [-0.1, -0.05) is 23.7 Å². The van der Waals surface area contributed by atoms with Crippen LogP contribution in [0.15, 0.2) is 24.3 Å². The average Bonchev–Trinajstić information content (AvgIpc) is 2.52. The van der Waals surface area contributed by atoms with Crippen molar-refractivity contribution >= 4 is 34.8 Å². The van der Waals surface area contributed by atoms with E-state index < -0.39 is 0 Å². The number of hydrogen-bond acceptors (Lipinski definition) is 2. The van der Waals surface area contributed by atoms with E-state index in [9.17, 15) is 4.79 Å². The van der Waals surface area contributed by atoms with Crippen LogP contribution < -0.4 is 10.6 Å². The lowest BCUT2D eigenvalue weighted by atomic mass is 9.49. The Kier molecular flexibility index (Phi) is 4.29. The summed E-state index contributed by atoms with van der Waals surface area (Å²) < 4.78 is 0. The summed E-state index contributed by atoms with van der Waals surface area (Å²) in [6, 6.07) is 7.65. The van der Waals surface area contributed by atoms with Gasteiger partial charge in [0, 0.05) is 11.6 Å². The standard InChI is InChI=1S/C19H23ClN2OS/c20-16-3-1-2-12(7-16)11-21-18(24)22-17(23)19-8-13-4-14(9-19)6-15(5-13)10-19/h1-3,7,13-15H,4-6,8-11H2,(H2,21,22,23,24). The molecule has 0 heterocycles. The third kappa shape index (κ3) is 3.18. The van der Waals surface area contributed by atoms with Crippen molar-refractivity contribution in [1.82, 2.24) is 10.6 Å². The maximum atomic E-state index is 12.9. The quantitative estimate of drug-likeness (QED) is 0.797. The fraction of sp³-hybridized carbons (Fsp3) is 0.579. The van der Waals surface area contributed by atoms with Crippen LogP contribution >= 0.6 is 23.8 Å². The molecule has 2 N–H and O–H groups in total. The number of halogens is 1. The molecule has 4 aliphatic rings. The molecule has 4 aliphatic carbocycles. The van der Waals surface area contributed by atoms with Crippen molar-refractivity contribution in [2.45, 2.75) is 45.1 Å². The van der Waals surface area contributed by atoms with Crippen LogP contribution in [0.3, 0.4) is 0 Å². The first-order valence-corrected chi connectivity index (χ1v) is 9.65. The summed E-state index contributed by atoms with van der Waals surface area (Å²) >= 11 is 11.3. The molecule has 0 aliphatic heterocycles. The van der Waals surface area contributed by atoms with Gasteiger partial charge in [-0.05, 0) is 86.2 Å². The lowest BCUT2D eigenvalue weighted by Crippen LogP contribution is -2.55. The molecule has 24 heavy (non-hydrogen) atoms. The average molecular weight is 363 g/mol.